The van der Waals surface area contributed by atoms with Crippen molar-refractivity contribution in [3.8, 4) is 0 Å². The SMILES string of the molecule is COC(=O)C(O)C(F)(F)c1ccccc1. The third-order valence-corrected chi connectivity index (χ3v) is 1.93. The molecule has 0 fully saturated rings. The number of rotatable bonds is 3. The summed E-state index contributed by atoms with van der Waals surface area (Å²) >= 11 is 0. The quantitative estimate of drug-likeness (QED) is 0.775. The van der Waals surface area contributed by atoms with Crippen LogP contribution in [-0.2, 0) is 15.5 Å². The lowest BCUT2D eigenvalue weighted by Crippen LogP contribution is -2.38. The average Bonchev–Trinajstić information content (AvgIpc) is 2.28. The van der Waals surface area contributed by atoms with Gasteiger partial charge in [-0.25, -0.2) is 4.79 Å². The first-order valence-corrected chi connectivity index (χ1v) is 4.19. The Bertz CT molecular complexity index is 338. The van der Waals surface area contributed by atoms with Crippen molar-refractivity contribution < 1.29 is 23.4 Å². The lowest BCUT2D eigenvalue weighted by Gasteiger charge is -2.20. The van der Waals surface area contributed by atoms with Gasteiger partial charge in [0.2, 0.25) is 6.10 Å². The number of alkyl halides is 2. The van der Waals surface area contributed by atoms with Gasteiger partial charge in [0.25, 0.3) is 0 Å². The first kappa shape index (κ1) is 11.6. The molecule has 1 atom stereocenters. The molecule has 1 aromatic carbocycles. The number of halogens is 2. The Morgan fingerprint density at radius 3 is 2.40 bits per heavy atom. The smallest absolute Gasteiger partial charge is 0.341 e. The Morgan fingerprint density at radius 1 is 1.40 bits per heavy atom. The van der Waals surface area contributed by atoms with Gasteiger partial charge in [0.1, 0.15) is 0 Å². The third-order valence-electron chi connectivity index (χ3n) is 1.93. The number of carbonyl (C=O) groups is 1. The zero-order valence-corrected chi connectivity index (χ0v) is 7.98. The first-order valence-electron chi connectivity index (χ1n) is 4.19. The highest BCUT2D eigenvalue weighted by Crippen LogP contribution is 2.31. The van der Waals surface area contributed by atoms with Crippen LogP contribution in [0.25, 0.3) is 0 Å². The fourth-order valence-corrected chi connectivity index (χ4v) is 1.08. The van der Waals surface area contributed by atoms with E-state index in [1.807, 2.05) is 0 Å². The van der Waals surface area contributed by atoms with Crippen LogP contribution in [0.15, 0.2) is 30.3 Å². The number of esters is 1. The van der Waals surface area contributed by atoms with E-state index in [0.29, 0.717) is 0 Å². The number of methoxy groups -OCH3 is 1. The van der Waals surface area contributed by atoms with Gasteiger partial charge in [-0.05, 0) is 0 Å². The number of hydrogen-bond donors (Lipinski definition) is 1. The zero-order chi connectivity index (χ0) is 11.5. The third kappa shape index (κ3) is 2.30. The van der Waals surface area contributed by atoms with Crippen molar-refractivity contribution in [3.05, 3.63) is 35.9 Å². The van der Waals surface area contributed by atoms with Crippen LogP contribution in [-0.4, -0.2) is 24.3 Å². The number of aliphatic hydroxyl groups excluding tert-OH is 1. The summed E-state index contributed by atoms with van der Waals surface area (Å²) in [4.78, 5) is 10.8. The van der Waals surface area contributed by atoms with E-state index in [1.165, 1.54) is 12.1 Å². The Kier molecular flexibility index (Phi) is 3.36. The van der Waals surface area contributed by atoms with E-state index in [-0.39, 0.29) is 0 Å². The highest BCUT2D eigenvalue weighted by molar-refractivity contribution is 5.75. The van der Waals surface area contributed by atoms with E-state index in [0.717, 1.165) is 19.2 Å². The van der Waals surface area contributed by atoms with Crippen molar-refractivity contribution >= 4 is 5.97 Å². The molecule has 5 heteroatoms. The zero-order valence-electron chi connectivity index (χ0n) is 7.98. The second kappa shape index (κ2) is 4.35. The first-order chi connectivity index (χ1) is 7.00. The van der Waals surface area contributed by atoms with E-state index in [2.05, 4.69) is 4.74 Å². The monoisotopic (exact) mass is 216 g/mol. The molecule has 1 unspecified atom stereocenters. The summed E-state index contributed by atoms with van der Waals surface area (Å²) in [5, 5.41) is 9.07. The Morgan fingerprint density at radius 2 is 1.93 bits per heavy atom. The van der Waals surface area contributed by atoms with E-state index in [4.69, 9.17) is 5.11 Å². The van der Waals surface area contributed by atoms with Crippen LogP contribution in [0.2, 0.25) is 0 Å². The topological polar surface area (TPSA) is 46.5 Å². The second-order valence-corrected chi connectivity index (χ2v) is 2.91. The minimum atomic E-state index is -3.64. The molecular weight excluding hydrogens is 206 g/mol. The van der Waals surface area contributed by atoms with Crippen molar-refractivity contribution in [2.24, 2.45) is 0 Å². The highest BCUT2D eigenvalue weighted by atomic mass is 19.3. The summed E-state index contributed by atoms with van der Waals surface area (Å²) in [6, 6.07) is 6.61. The average molecular weight is 216 g/mol. The minimum absolute atomic E-state index is 0.428. The van der Waals surface area contributed by atoms with Gasteiger partial charge < -0.3 is 9.84 Å². The molecule has 0 aliphatic heterocycles. The summed E-state index contributed by atoms with van der Waals surface area (Å²) in [7, 11) is 0.937. The van der Waals surface area contributed by atoms with Crippen LogP contribution >= 0.6 is 0 Å². The standard InChI is InChI=1S/C10H10F2O3/c1-15-9(14)8(13)10(11,12)7-5-3-2-4-6-7/h2-6,8,13H,1H3. The second-order valence-electron chi connectivity index (χ2n) is 2.91. The fraction of sp³-hybridized carbons (Fsp3) is 0.300. The predicted octanol–water partition coefficient (Wildman–Crippen LogP) is 1.31. The molecule has 1 aromatic rings. The van der Waals surface area contributed by atoms with Gasteiger partial charge in [0.15, 0.2) is 0 Å². The molecule has 0 saturated carbocycles. The van der Waals surface area contributed by atoms with Crippen LogP contribution < -0.4 is 0 Å². The van der Waals surface area contributed by atoms with Crippen molar-refractivity contribution in [2.75, 3.05) is 7.11 Å². The van der Waals surface area contributed by atoms with Crippen LogP contribution in [0.5, 0.6) is 0 Å². The number of ether oxygens (including phenoxy) is 1. The predicted molar refractivity (Wildman–Crippen MR) is 48.4 cm³/mol. The van der Waals surface area contributed by atoms with Gasteiger partial charge in [0, 0.05) is 5.56 Å². The molecule has 0 amide bonds. The summed E-state index contributed by atoms with van der Waals surface area (Å²) in [5.74, 6) is -5.00. The fourth-order valence-electron chi connectivity index (χ4n) is 1.08. The molecule has 0 bridgehead atoms. The molecule has 0 saturated heterocycles. The minimum Gasteiger partial charge on any atom is -0.467 e. The maximum Gasteiger partial charge on any atom is 0.341 e. The maximum atomic E-state index is 13.4. The van der Waals surface area contributed by atoms with Crippen LogP contribution in [0.3, 0.4) is 0 Å². The van der Waals surface area contributed by atoms with Crippen LogP contribution in [0.1, 0.15) is 5.56 Å². The molecule has 0 aromatic heterocycles. The Balaban J connectivity index is 2.97. The molecule has 0 radical (unpaired) electrons. The van der Waals surface area contributed by atoms with Crippen molar-refractivity contribution in [1.29, 1.82) is 0 Å². The molecule has 82 valence electrons. The summed E-state index contributed by atoms with van der Waals surface area (Å²) in [5.41, 5.74) is -0.428. The normalized spacial score (nSPS) is 13.3. The summed E-state index contributed by atoms with van der Waals surface area (Å²) in [6.07, 6.45) is -2.48. The van der Waals surface area contributed by atoms with Gasteiger partial charge in [0.05, 0.1) is 7.11 Å². The van der Waals surface area contributed by atoms with Gasteiger partial charge in [-0.3, -0.25) is 0 Å². The van der Waals surface area contributed by atoms with E-state index in [1.54, 1.807) is 6.07 Å². The van der Waals surface area contributed by atoms with Crippen molar-refractivity contribution in [1.82, 2.24) is 0 Å². The van der Waals surface area contributed by atoms with E-state index in [9.17, 15) is 13.6 Å². The maximum absolute atomic E-state index is 13.4. The number of carbonyl (C=O) groups excluding carboxylic acids is 1. The largest absolute Gasteiger partial charge is 0.467 e. The lowest BCUT2D eigenvalue weighted by atomic mass is 10.0. The molecule has 0 spiro atoms. The molecule has 0 heterocycles. The van der Waals surface area contributed by atoms with Gasteiger partial charge in [-0.1, -0.05) is 30.3 Å². The molecule has 1 rings (SSSR count). The van der Waals surface area contributed by atoms with E-state index < -0.39 is 23.6 Å². The molecule has 0 aliphatic rings. The molecule has 3 nitrogen and oxygen atoms in total. The molecular formula is C10H10F2O3. The number of benzene rings is 1. The Hall–Kier alpha value is -1.49. The lowest BCUT2D eigenvalue weighted by molar-refractivity contribution is -0.176. The highest BCUT2D eigenvalue weighted by Gasteiger charge is 2.45. The van der Waals surface area contributed by atoms with Crippen LogP contribution in [0, 0.1) is 0 Å². The van der Waals surface area contributed by atoms with Crippen molar-refractivity contribution in [2.45, 2.75) is 12.0 Å². The van der Waals surface area contributed by atoms with Gasteiger partial charge in [-0.2, -0.15) is 8.78 Å². The van der Waals surface area contributed by atoms with Crippen molar-refractivity contribution in [3.63, 3.8) is 0 Å². The van der Waals surface area contributed by atoms with Gasteiger partial charge >= 0.3 is 11.9 Å². The molecule has 0 aliphatic carbocycles. The summed E-state index contributed by atoms with van der Waals surface area (Å²) < 4.78 is 30.9. The Labute approximate surface area is 85.3 Å². The van der Waals surface area contributed by atoms with Crippen LogP contribution in [0.4, 0.5) is 8.78 Å². The number of aliphatic hydroxyl groups is 1. The van der Waals surface area contributed by atoms with Gasteiger partial charge in [-0.15, -0.1) is 0 Å². The number of hydrogen-bond acceptors (Lipinski definition) is 3. The molecule has 1 N–H and O–H groups in total. The summed E-state index contributed by atoms with van der Waals surface area (Å²) in [6.45, 7) is 0. The van der Waals surface area contributed by atoms with E-state index >= 15 is 0 Å². The molecule has 15 heavy (non-hydrogen) atoms.